The topological polar surface area (TPSA) is 26.0 Å². The third-order valence-corrected chi connectivity index (χ3v) is 4.23. The largest absolute Gasteiger partial charge is 0.330 e. The van der Waals surface area contributed by atoms with Crippen molar-refractivity contribution in [2.45, 2.75) is 32.1 Å². The zero-order valence-corrected chi connectivity index (χ0v) is 11.2. The molecule has 0 spiro atoms. The molecule has 0 aromatic heterocycles. The molecular weight excluding hydrogens is 262 g/mol. The van der Waals surface area contributed by atoms with Gasteiger partial charge in [-0.1, -0.05) is 40.9 Å². The minimum absolute atomic E-state index is 0.847. The van der Waals surface area contributed by atoms with Crippen LogP contribution in [0.4, 0.5) is 0 Å². The first kappa shape index (κ1) is 12.1. The summed E-state index contributed by atoms with van der Waals surface area (Å²) < 4.78 is 1.19. The van der Waals surface area contributed by atoms with Gasteiger partial charge in [-0.3, -0.25) is 0 Å². The zero-order chi connectivity index (χ0) is 11.4. The van der Waals surface area contributed by atoms with E-state index >= 15 is 0 Å². The highest BCUT2D eigenvalue weighted by Crippen LogP contribution is 2.36. The Morgan fingerprint density at radius 2 is 2.06 bits per heavy atom. The number of hydrogen-bond acceptors (Lipinski definition) is 1. The molecule has 2 rings (SSSR count). The van der Waals surface area contributed by atoms with Crippen LogP contribution in [0.1, 0.15) is 31.2 Å². The van der Waals surface area contributed by atoms with Gasteiger partial charge < -0.3 is 5.73 Å². The molecule has 2 unspecified atom stereocenters. The van der Waals surface area contributed by atoms with E-state index in [9.17, 15) is 0 Å². The molecule has 0 bridgehead atoms. The molecule has 1 nitrogen and oxygen atoms in total. The van der Waals surface area contributed by atoms with E-state index in [1.165, 1.54) is 42.1 Å². The Labute approximate surface area is 107 Å². The lowest BCUT2D eigenvalue weighted by Crippen LogP contribution is -2.15. The summed E-state index contributed by atoms with van der Waals surface area (Å²) in [4.78, 5) is 0. The summed E-state index contributed by atoms with van der Waals surface area (Å²) in [6.45, 7) is 0.847. The van der Waals surface area contributed by atoms with Gasteiger partial charge in [0.25, 0.3) is 0 Å². The lowest BCUT2D eigenvalue weighted by atomic mass is 9.87. The van der Waals surface area contributed by atoms with Crippen LogP contribution in [0, 0.1) is 11.8 Å². The molecular formula is C14H20BrN. The number of rotatable bonds is 4. The molecule has 0 amide bonds. The quantitative estimate of drug-likeness (QED) is 0.894. The second kappa shape index (κ2) is 5.83. The Morgan fingerprint density at radius 3 is 2.81 bits per heavy atom. The molecule has 0 heterocycles. The molecule has 1 aliphatic carbocycles. The van der Waals surface area contributed by atoms with E-state index in [2.05, 4.69) is 40.2 Å². The molecule has 0 saturated heterocycles. The van der Waals surface area contributed by atoms with E-state index in [0.29, 0.717) is 0 Å². The van der Waals surface area contributed by atoms with Crippen molar-refractivity contribution in [1.82, 2.24) is 0 Å². The van der Waals surface area contributed by atoms with Crippen molar-refractivity contribution in [2.75, 3.05) is 6.54 Å². The van der Waals surface area contributed by atoms with Gasteiger partial charge in [0, 0.05) is 4.47 Å². The van der Waals surface area contributed by atoms with Crippen LogP contribution in [-0.4, -0.2) is 6.54 Å². The van der Waals surface area contributed by atoms with Crippen molar-refractivity contribution in [3.05, 3.63) is 34.3 Å². The molecule has 1 aromatic carbocycles. The second-order valence-corrected chi connectivity index (χ2v) is 5.78. The van der Waals surface area contributed by atoms with Crippen LogP contribution < -0.4 is 5.73 Å². The smallest absolute Gasteiger partial charge is 0.0177 e. The predicted octanol–water partition coefficient (Wildman–Crippen LogP) is 3.76. The minimum atomic E-state index is 0.847. The number of hydrogen-bond donors (Lipinski definition) is 1. The van der Waals surface area contributed by atoms with Crippen molar-refractivity contribution in [3.8, 4) is 0 Å². The summed E-state index contributed by atoms with van der Waals surface area (Å²) in [5, 5.41) is 0. The Bertz CT molecular complexity index is 337. The van der Waals surface area contributed by atoms with Crippen LogP contribution in [0.3, 0.4) is 0 Å². The first-order chi connectivity index (χ1) is 7.79. The Balaban J connectivity index is 1.98. The van der Waals surface area contributed by atoms with Crippen LogP contribution in [-0.2, 0) is 6.42 Å². The summed E-state index contributed by atoms with van der Waals surface area (Å²) in [7, 11) is 0. The van der Waals surface area contributed by atoms with Gasteiger partial charge in [0.05, 0.1) is 0 Å². The Morgan fingerprint density at radius 1 is 1.25 bits per heavy atom. The third-order valence-electron chi connectivity index (χ3n) is 3.74. The molecule has 2 heteroatoms. The average molecular weight is 282 g/mol. The fourth-order valence-corrected chi connectivity index (χ4v) is 3.39. The molecule has 0 aliphatic heterocycles. The van der Waals surface area contributed by atoms with Gasteiger partial charge in [0.1, 0.15) is 0 Å². The maximum atomic E-state index is 5.68. The van der Waals surface area contributed by atoms with E-state index in [1.807, 2.05) is 0 Å². The molecule has 2 N–H and O–H groups in total. The second-order valence-electron chi connectivity index (χ2n) is 4.86. The van der Waals surface area contributed by atoms with Gasteiger partial charge in [0.2, 0.25) is 0 Å². The average Bonchev–Trinajstić information content (AvgIpc) is 2.66. The lowest BCUT2D eigenvalue weighted by molar-refractivity contribution is 0.367. The van der Waals surface area contributed by atoms with Crippen molar-refractivity contribution >= 4 is 15.9 Å². The van der Waals surface area contributed by atoms with Crippen molar-refractivity contribution in [1.29, 1.82) is 0 Å². The number of nitrogens with two attached hydrogens (primary N) is 1. The summed E-state index contributed by atoms with van der Waals surface area (Å²) in [5.41, 5.74) is 7.14. The summed E-state index contributed by atoms with van der Waals surface area (Å²) in [6.07, 6.45) is 6.60. The van der Waals surface area contributed by atoms with Crippen LogP contribution >= 0.6 is 15.9 Å². The zero-order valence-electron chi connectivity index (χ0n) is 9.66. The molecule has 1 fully saturated rings. The number of halogens is 1. The molecule has 0 radical (unpaired) electrons. The maximum absolute atomic E-state index is 5.68. The molecule has 2 atom stereocenters. The Kier molecular flexibility index (Phi) is 4.42. The molecule has 88 valence electrons. The first-order valence-corrected chi connectivity index (χ1v) is 7.03. The van der Waals surface area contributed by atoms with Crippen LogP contribution in [0.15, 0.2) is 28.7 Å². The maximum Gasteiger partial charge on any atom is 0.0177 e. The number of benzene rings is 1. The van der Waals surface area contributed by atoms with Gasteiger partial charge in [0.15, 0.2) is 0 Å². The fourth-order valence-electron chi connectivity index (χ4n) is 2.94. The minimum Gasteiger partial charge on any atom is -0.330 e. The van der Waals surface area contributed by atoms with E-state index in [1.54, 1.807) is 0 Å². The highest BCUT2D eigenvalue weighted by atomic mass is 79.9. The molecule has 1 aromatic rings. The van der Waals surface area contributed by atoms with Crippen LogP contribution in [0.5, 0.6) is 0 Å². The highest BCUT2D eigenvalue weighted by molar-refractivity contribution is 9.10. The summed E-state index contributed by atoms with van der Waals surface area (Å²) >= 11 is 3.54. The summed E-state index contributed by atoms with van der Waals surface area (Å²) in [6, 6.07) is 8.71. The first-order valence-electron chi connectivity index (χ1n) is 6.24. The van der Waals surface area contributed by atoms with E-state index in [4.69, 9.17) is 5.73 Å². The SMILES string of the molecule is NCCC1CCCC1Cc1cccc(Br)c1. The van der Waals surface area contributed by atoms with Gasteiger partial charge in [-0.05, 0) is 55.3 Å². The molecule has 16 heavy (non-hydrogen) atoms. The van der Waals surface area contributed by atoms with Gasteiger partial charge in [-0.25, -0.2) is 0 Å². The van der Waals surface area contributed by atoms with E-state index < -0.39 is 0 Å². The predicted molar refractivity (Wildman–Crippen MR) is 72.3 cm³/mol. The van der Waals surface area contributed by atoms with Gasteiger partial charge in [-0.15, -0.1) is 0 Å². The standard InChI is InChI=1S/C14H20BrN/c15-14-6-1-3-11(10-14)9-13-5-2-4-12(13)7-8-16/h1,3,6,10,12-13H,2,4-5,7-9,16H2. The van der Waals surface area contributed by atoms with Gasteiger partial charge >= 0.3 is 0 Å². The highest BCUT2D eigenvalue weighted by Gasteiger charge is 2.26. The Hall–Kier alpha value is -0.340. The fraction of sp³-hybridized carbons (Fsp3) is 0.571. The summed E-state index contributed by atoms with van der Waals surface area (Å²) in [5.74, 6) is 1.72. The monoisotopic (exact) mass is 281 g/mol. The van der Waals surface area contributed by atoms with Crippen LogP contribution in [0.2, 0.25) is 0 Å². The van der Waals surface area contributed by atoms with E-state index in [-0.39, 0.29) is 0 Å². The lowest BCUT2D eigenvalue weighted by Gasteiger charge is -2.19. The van der Waals surface area contributed by atoms with E-state index in [0.717, 1.165) is 18.4 Å². The van der Waals surface area contributed by atoms with Crippen molar-refractivity contribution in [3.63, 3.8) is 0 Å². The van der Waals surface area contributed by atoms with Gasteiger partial charge in [-0.2, -0.15) is 0 Å². The van der Waals surface area contributed by atoms with Crippen molar-refractivity contribution in [2.24, 2.45) is 17.6 Å². The third kappa shape index (κ3) is 3.08. The van der Waals surface area contributed by atoms with Crippen molar-refractivity contribution < 1.29 is 0 Å². The molecule has 1 saturated carbocycles. The molecule has 1 aliphatic rings. The normalized spacial score (nSPS) is 24.9. The van der Waals surface area contributed by atoms with Crippen LogP contribution in [0.25, 0.3) is 0 Å².